The van der Waals surface area contributed by atoms with E-state index in [-0.39, 0.29) is 36.1 Å². The standard InChI is InChI=1S/C23H23F3N2O7S/c1-2-7-33-17-8-13(3-4-16(17)34-12-20(30)35-22(32)23(24,25)26)15(29)11-28-21(31)19-9-14-10-27-6-5-18(14)36-19/h3-4,8-9,27H,2,5-7,10-12H2,1H3,(H,28,31). The molecule has 0 saturated carbocycles. The van der Waals surface area contributed by atoms with Gasteiger partial charge in [-0.1, -0.05) is 6.92 Å². The molecular formula is C23H23F3N2O7S. The Morgan fingerprint density at radius 3 is 2.58 bits per heavy atom. The Morgan fingerprint density at radius 2 is 1.89 bits per heavy atom. The number of halogens is 3. The number of carbonyl (C=O) groups excluding carboxylic acids is 4. The van der Waals surface area contributed by atoms with Crippen molar-refractivity contribution in [2.45, 2.75) is 32.5 Å². The second-order valence-corrected chi connectivity index (χ2v) is 8.79. The van der Waals surface area contributed by atoms with Gasteiger partial charge in [-0.3, -0.25) is 9.59 Å². The Labute approximate surface area is 207 Å². The van der Waals surface area contributed by atoms with Gasteiger partial charge in [0, 0.05) is 23.5 Å². The molecular weight excluding hydrogens is 505 g/mol. The zero-order valence-corrected chi connectivity index (χ0v) is 20.0. The summed E-state index contributed by atoms with van der Waals surface area (Å²) in [6.07, 6.45) is -3.88. The van der Waals surface area contributed by atoms with Crippen LogP contribution in [0.3, 0.4) is 0 Å². The van der Waals surface area contributed by atoms with Crippen LogP contribution in [0.1, 0.15) is 43.8 Å². The van der Waals surface area contributed by atoms with Crippen molar-refractivity contribution in [3.05, 3.63) is 45.1 Å². The van der Waals surface area contributed by atoms with Gasteiger partial charge < -0.3 is 24.8 Å². The number of ketones is 1. The number of carbonyl (C=O) groups is 4. The van der Waals surface area contributed by atoms with Crippen molar-refractivity contribution in [3.8, 4) is 11.5 Å². The summed E-state index contributed by atoms with van der Waals surface area (Å²) >= 11 is 1.40. The average Bonchev–Trinajstić information content (AvgIpc) is 3.28. The molecule has 9 nitrogen and oxygen atoms in total. The maximum atomic E-state index is 12.7. The van der Waals surface area contributed by atoms with Gasteiger partial charge in [0.2, 0.25) is 0 Å². The van der Waals surface area contributed by atoms with Crippen LogP contribution in [0.15, 0.2) is 24.3 Å². The van der Waals surface area contributed by atoms with Gasteiger partial charge in [0.05, 0.1) is 18.0 Å². The zero-order valence-electron chi connectivity index (χ0n) is 19.2. The minimum atomic E-state index is -5.32. The Hall–Kier alpha value is -3.45. The molecule has 1 aromatic heterocycles. The van der Waals surface area contributed by atoms with Crippen LogP contribution >= 0.6 is 11.3 Å². The first-order chi connectivity index (χ1) is 17.1. The highest BCUT2D eigenvalue weighted by molar-refractivity contribution is 7.14. The van der Waals surface area contributed by atoms with E-state index in [1.165, 1.54) is 29.5 Å². The Balaban J connectivity index is 1.61. The van der Waals surface area contributed by atoms with E-state index >= 15 is 0 Å². The van der Waals surface area contributed by atoms with E-state index in [9.17, 15) is 32.3 Å². The van der Waals surface area contributed by atoms with Gasteiger partial charge in [-0.05, 0) is 42.7 Å². The maximum absolute atomic E-state index is 12.7. The molecule has 1 amide bonds. The van der Waals surface area contributed by atoms with Crippen LogP contribution in [-0.2, 0) is 27.3 Å². The molecule has 13 heteroatoms. The lowest BCUT2D eigenvalue weighted by atomic mass is 10.1. The van der Waals surface area contributed by atoms with Gasteiger partial charge in [0.25, 0.3) is 5.91 Å². The molecule has 0 saturated heterocycles. The summed E-state index contributed by atoms with van der Waals surface area (Å²) in [5, 5.41) is 5.83. The lowest BCUT2D eigenvalue weighted by molar-refractivity contribution is -0.202. The molecule has 194 valence electrons. The monoisotopic (exact) mass is 528 g/mol. The number of hydrogen-bond donors (Lipinski definition) is 2. The fraction of sp³-hybridized carbons (Fsp3) is 0.391. The molecule has 36 heavy (non-hydrogen) atoms. The van der Waals surface area contributed by atoms with Crippen molar-refractivity contribution in [2.24, 2.45) is 0 Å². The van der Waals surface area contributed by atoms with Crippen molar-refractivity contribution in [3.63, 3.8) is 0 Å². The van der Waals surface area contributed by atoms with Crippen molar-refractivity contribution in [1.82, 2.24) is 10.6 Å². The number of Topliss-reactive ketones (excluding diaryl/α,β-unsaturated/α-hetero) is 1. The normalized spacial score (nSPS) is 12.9. The topological polar surface area (TPSA) is 120 Å². The third-order valence-corrected chi connectivity index (χ3v) is 6.12. The maximum Gasteiger partial charge on any atom is 0.491 e. The quantitative estimate of drug-likeness (QED) is 0.275. The van der Waals surface area contributed by atoms with Gasteiger partial charge in [-0.2, -0.15) is 13.2 Å². The fourth-order valence-electron chi connectivity index (χ4n) is 3.17. The Kier molecular flexibility index (Phi) is 9.04. The van der Waals surface area contributed by atoms with Crippen molar-refractivity contribution < 1.29 is 46.6 Å². The van der Waals surface area contributed by atoms with Crippen LogP contribution in [0.5, 0.6) is 11.5 Å². The number of hydrogen-bond acceptors (Lipinski definition) is 9. The van der Waals surface area contributed by atoms with E-state index in [2.05, 4.69) is 15.4 Å². The van der Waals surface area contributed by atoms with E-state index in [1.54, 1.807) is 0 Å². The van der Waals surface area contributed by atoms with Gasteiger partial charge in [0.15, 0.2) is 23.9 Å². The number of benzene rings is 1. The highest BCUT2D eigenvalue weighted by Gasteiger charge is 2.42. The van der Waals surface area contributed by atoms with E-state index in [1.807, 2.05) is 13.0 Å². The summed E-state index contributed by atoms with van der Waals surface area (Å²) in [6, 6.07) is 5.78. The highest BCUT2D eigenvalue weighted by atomic mass is 32.1. The van der Waals surface area contributed by atoms with Crippen molar-refractivity contribution >= 4 is 35.0 Å². The molecule has 0 radical (unpaired) electrons. The molecule has 0 fully saturated rings. The summed E-state index contributed by atoms with van der Waals surface area (Å²) in [4.78, 5) is 49.1. The van der Waals surface area contributed by atoms with Gasteiger partial charge in [-0.25, -0.2) is 9.59 Å². The molecule has 2 N–H and O–H groups in total. The molecule has 1 aliphatic rings. The number of fused-ring (bicyclic) bond motifs is 1. The predicted octanol–water partition coefficient (Wildman–Crippen LogP) is 2.81. The number of rotatable bonds is 10. The largest absolute Gasteiger partial charge is 0.491 e. The minimum absolute atomic E-state index is 0.0433. The lowest BCUT2D eigenvalue weighted by Crippen LogP contribution is -2.30. The number of amides is 1. The van der Waals surface area contributed by atoms with E-state index in [0.717, 1.165) is 23.4 Å². The smallest absolute Gasteiger partial charge is 0.490 e. The number of thiophene rings is 1. The van der Waals surface area contributed by atoms with Gasteiger partial charge in [-0.15, -0.1) is 11.3 Å². The number of alkyl halides is 3. The molecule has 0 atom stereocenters. The average molecular weight is 529 g/mol. The zero-order chi connectivity index (χ0) is 26.3. The van der Waals surface area contributed by atoms with Crippen molar-refractivity contribution in [1.29, 1.82) is 0 Å². The lowest BCUT2D eigenvalue weighted by Gasteiger charge is -2.13. The van der Waals surface area contributed by atoms with Crippen LogP contribution in [0.2, 0.25) is 0 Å². The molecule has 0 unspecified atom stereocenters. The summed E-state index contributed by atoms with van der Waals surface area (Å²) in [5.74, 6) is -4.97. The summed E-state index contributed by atoms with van der Waals surface area (Å²) in [5.41, 5.74) is 1.25. The number of esters is 2. The molecule has 0 bridgehead atoms. The van der Waals surface area contributed by atoms with Gasteiger partial charge >= 0.3 is 18.1 Å². The van der Waals surface area contributed by atoms with E-state index in [0.29, 0.717) is 17.8 Å². The van der Waals surface area contributed by atoms with Crippen LogP contribution in [0, 0.1) is 0 Å². The number of nitrogens with one attached hydrogen (secondary N) is 2. The second-order valence-electron chi connectivity index (χ2n) is 7.65. The second kappa shape index (κ2) is 12.0. The fourth-order valence-corrected chi connectivity index (χ4v) is 4.27. The Morgan fingerprint density at radius 1 is 1.11 bits per heavy atom. The summed E-state index contributed by atoms with van der Waals surface area (Å²) in [7, 11) is 0. The first kappa shape index (κ1) is 27.1. The minimum Gasteiger partial charge on any atom is -0.490 e. The number of ether oxygens (including phenoxy) is 3. The molecule has 0 spiro atoms. The third kappa shape index (κ3) is 7.28. The Bertz CT molecular complexity index is 1120. The molecule has 2 aromatic rings. The highest BCUT2D eigenvalue weighted by Crippen LogP contribution is 2.29. The summed E-state index contributed by atoms with van der Waals surface area (Å²) < 4.78 is 51.0. The van der Waals surface area contributed by atoms with Crippen LogP contribution in [0.4, 0.5) is 13.2 Å². The molecule has 1 aliphatic heterocycles. The molecule has 1 aromatic carbocycles. The van der Waals surface area contributed by atoms with E-state index in [4.69, 9.17) is 9.47 Å². The van der Waals surface area contributed by atoms with Crippen molar-refractivity contribution in [2.75, 3.05) is 26.3 Å². The van der Waals surface area contributed by atoms with Crippen LogP contribution in [-0.4, -0.2) is 56.1 Å². The van der Waals surface area contributed by atoms with Crippen LogP contribution in [0.25, 0.3) is 0 Å². The van der Waals surface area contributed by atoms with Gasteiger partial charge in [0.1, 0.15) is 0 Å². The first-order valence-corrected chi connectivity index (χ1v) is 11.7. The summed E-state index contributed by atoms with van der Waals surface area (Å²) in [6.45, 7) is 2.32. The van der Waals surface area contributed by atoms with Crippen LogP contribution < -0.4 is 20.1 Å². The molecule has 2 heterocycles. The molecule has 3 rings (SSSR count). The SMILES string of the molecule is CCCOc1cc(C(=O)CNC(=O)c2cc3c(s2)CCNC3)ccc1OCC(=O)OC(=O)C(F)(F)F. The van der Waals surface area contributed by atoms with E-state index < -0.39 is 30.5 Å². The molecule has 0 aliphatic carbocycles. The third-order valence-electron chi connectivity index (χ3n) is 4.89. The first-order valence-electron chi connectivity index (χ1n) is 10.9. The predicted molar refractivity (Wildman–Crippen MR) is 121 cm³/mol.